The molecule has 0 saturated carbocycles. The number of nitrogens with zero attached hydrogens (tertiary/aromatic N) is 2. The Morgan fingerprint density at radius 1 is 1.21 bits per heavy atom. The standard InChI is InChI=1S/C14H19N3O2/c1-4-16-10(3)13(15)14(18)17(16)11-6-8-12(9-7-11)19-5-2/h6-9H,4-5,15H2,1-3H3. The molecule has 0 saturated heterocycles. The average Bonchev–Trinajstić information content (AvgIpc) is 2.64. The van der Waals surface area contributed by atoms with Crippen LogP contribution in [0.5, 0.6) is 5.75 Å². The molecule has 19 heavy (non-hydrogen) atoms. The highest BCUT2D eigenvalue weighted by Gasteiger charge is 2.14. The van der Waals surface area contributed by atoms with Crippen molar-refractivity contribution < 1.29 is 4.74 Å². The molecule has 0 spiro atoms. The summed E-state index contributed by atoms with van der Waals surface area (Å²) in [7, 11) is 0. The molecule has 0 unspecified atom stereocenters. The van der Waals surface area contributed by atoms with Crippen molar-refractivity contribution in [2.45, 2.75) is 27.3 Å². The summed E-state index contributed by atoms with van der Waals surface area (Å²) < 4.78 is 8.86. The Balaban J connectivity index is 2.52. The van der Waals surface area contributed by atoms with Crippen LogP contribution >= 0.6 is 0 Å². The molecule has 0 radical (unpaired) electrons. The van der Waals surface area contributed by atoms with Crippen molar-refractivity contribution in [3.05, 3.63) is 40.3 Å². The number of ether oxygens (including phenoxy) is 1. The largest absolute Gasteiger partial charge is 0.494 e. The number of benzene rings is 1. The Hall–Kier alpha value is -2.17. The Morgan fingerprint density at radius 3 is 2.37 bits per heavy atom. The van der Waals surface area contributed by atoms with Crippen molar-refractivity contribution in [2.75, 3.05) is 12.3 Å². The number of nitrogen functional groups attached to an aromatic ring is 1. The Bertz CT molecular complexity index is 623. The number of hydrogen-bond acceptors (Lipinski definition) is 3. The van der Waals surface area contributed by atoms with E-state index in [1.165, 1.54) is 0 Å². The van der Waals surface area contributed by atoms with Gasteiger partial charge in [0.1, 0.15) is 11.4 Å². The number of nitrogens with two attached hydrogens (primary N) is 1. The maximum Gasteiger partial charge on any atom is 0.294 e. The summed E-state index contributed by atoms with van der Waals surface area (Å²) in [6, 6.07) is 7.42. The van der Waals surface area contributed by atoms with Gasteiger partial charge in [0.05, 0.1) is 18.0 Å². The van der Waals surface area contributed by atoms with Crippen LogP contribution in [0.3, 0.4) is 0 Å². The molecule has 0 amide bonds. The summed E-state index contributed by atoms with van der Waals surface area (Å²) in [5.74, 6) is 0.790. The fourth-order valence-corrected chi connectivity index (χ4v) is 2.15. The van der Waals surface area contributed by atoms with Gasteiger partial charge in [-0.05, 0) is 45.0 Å². The van der Waals surface area contributed by atoms with Gasteiger partial charge in [-0.3, -0.25) is 9.48 Å². The van der Waals surface area contributed by atoms with E-state index in [9.17, 15) is 4.79 Å². The lowest BCUT2D eigenvalue weighted by atomic mass is 10.3. The Kier molecular flexibility index (Phi) is 3.64. The summed E-state index contributed by atoms with van der Waals surface area (Å²) in [5.41, 5.74) is 7.52. The van der Waals surface area contributed by atoms with Crippen LogP contribution in [0.1, 0.15) is 19.5 Å². The summed E-state index contributed by atoms with van der Waals surface area (Å²) in [4.78, 5) is 12.2. The van der Waals surface area contributed by atoms with Crippen molar-refractivity contribution in [3.8, 4) is 11.4 Å². The number of rotatable bonds is 4. The van der Waals surface area contributed by atoms with Gasteiger partial charge in [-0.25, -0.2) is 4.68 Å². The molecule has 2 N–H and O–H groups in total. The van der Waals surface area contributed by atoms with Gasteiger partial charge in [0.15, 0.2) is 0 Å². The van der Waals surface area contributed by atoms with Gasteiger partial charge in [0.2, 0.25) is 0 Å². The van der Waals surface area contributed by atoms with Gasteiger partial charge >= 0.3 is 0 Å². The molecule has 0 atom stereocenters. The smallest absolute Gasteiger partial charge is 0.294 e. The first-order chi connectivity index (χ1) is 9.10. The van der Waals surface area contributed by atoms with Gasteiger partial charge < -0.3 is 10.5 Å². The molecule has 2 aromatic rings. The third-order valence-electron chi connectivity index (χ3n) is 3.13. The van der Waals surface area contributed by atoms with Crippen molar-refractivity contribution >= 4 is 5.69 Å². The maximum absolute atomic E-state index is 12.2. The maximum atomic E-state index is 12.2. The molecule has 0 aliphatic carbocycles. The minimum absolute atomic E-state index is 0.177. The van der Waals surface area contributed by atoms with Gasteiger partial charge in [-0.1, -0.05) is 0 Å². The predicted octanol–water partition coefficient (Wildman–Crippen LogP) is 1.95. The van der Waals surface area contributed by atoms with E-state index < -0.39 is 0 Å². The van der Waals surface area contributed by atoms with E-state index in [1.54, 1.807) is 4.68 Å². The molecular weight excluding hydrogens is 242 g/mol. The van der Waals surface area contributed by atoms with Gasteiger partial charge in [-0.15, -0.1) is 0 Å². The third-order valence-corrected chi connectivity index (χ3v) is 3.13. The van der Waals surface area contributed by atoms with E-state index in [2.05, 4.69) is 0 Å². The van der Waals surface area contributed by atoms with Crippen LogP contribution in [-0.2, 0) is 6.54 Å². The normalized spacial score (nSPS) is 10.7. The fraction of sp³-hybridized carbons (Fsp3) is 0.357. The fourth-order valence-electron chi connectivity index (χ4n) is 2.15. The first-order valence-corrected chi connectivity index (χ1v) is 6.41. The first-order valence-electron chi connectivity index (χ1n) is 6.41. The monoisotopic (exact) mass is 261 g/mol. The lowest BCUT2D eigenvalue weighted by Crippen LogP contribution is -2.21. The van der Waals surface area contributed by atoms with E-state index in [0.29, 0.717) is 18.8 Å². The summed E-state index contributed by atoms with van der Waals surface area (Å²) >= 11 is 0. The van der Waals surface area contributed by atoms with Crippen LogP contribution in [-0.4, -0.2) is 16.0 Å². The van der Waals surface area contributed by atoms with Crippen molar-refractivity contribution in [1.29, 1.82) is 0 Å². The average molecular weight is 261 g/mol. The first kappa shape index (κ1) is 13.3. The van der Waals surface area contributed by atoms with Gasteiger partial charge in [0.25, 0.3) is 5.56 Å². The molecule has 1 heterocycles. The molecule has 2 rings (SSSR count). The third kappa shape index (κ3) is 2.23. The van der Waals surface area contributed by atoms with Crippen molar-refractivity contribution in [1.82, 2.24) is 9.36 Å². The van der Waals surface area contributed by atoms with Crippen LogP contribution in [0.2, 0.25) is 0 Å². The molecule has 5 heteroatoms. The molecule has 0 aliphatic heterocycles. The van der Waals surface area contributed by atoms with Crippen LogP contribution in [0, 0.1) is 6.92 Å². The van der Waals surface area contributed by atoms with Crippen LogP contribution < -0.4 is 16.0 Å². The highest BCUT2D eigenvalue weighted by Crippen LogP contribution is 2.17. The zero-order chi connectivity index (χ0) is 14.0. The zero-order valence-electron chi connectivity index (χ0n) is 11.5. The van der Waals surface area contributed by atoms with Gasteiger partial charge in [-0.2, -0.15) is 0 Å². The molecule has 5 nitrogen and oxygen atoms in total. The van der Waals surface area contributed by atoms with Crippen LogP contribution in [0.15, 0.2) is 29.1 Å². The zero-order valence-corrected chi connectivity index (χ0v) is 11.5. The van der Waals surface area contributed by atoms with Gasteiger partial charge in [0, 0.05) is 6.54 Å². The van der Waals surface area contributed by atoms with Crippen LogP contribution in [0.4, 0.5) is 5.69 Å². The van der Waals surface area contributed by atoms with E-state index in [4.69, 9.17) is 10.5 Å². The van der Waals surface area contributed by atoms with E-state index in [0.717, 1.165) is 17.1 Å². The second kappa shape index (κ2) is 5.22. The van der Waals surface area contributed by atoms with E-state index in [-0.39, 0.29) is 5.56 Å². The lowest BCUT2D eigenvalue weighted by Gasteiger charge is -2.11. The number of aromatic nitrogens is 2. The quantitative estimate of drug-likeness (QED) is 0.915. The molecule has 102 valence electrons. The molecular formula is C14H19N3O2. The topological polar surface area (TPSA) is 62.2 Å². The SMILES string of the molecule is CCOc1ccc(-n2c(=O)c(N)c(C)n2CC)cc1. The summed E-state index contributed by atoms with van der Waals surface area (Å²) in [6.45, 7) is 7.08. The Labute approximate surface area is 112 Å². The van der Waals surface area contributed by atoms with Crippen LogP contribution in [0.25, 0.3) is 5.69 Å². The van der Waals surface area contributed by atoms with E-state index >= 15 is 0 Å². The second-order valence-corrected chi connectivity index (χ2v) is 4.26. The van der Waals surface area contributed by atoms with E-state index in [1.807, 2.05) is 49.7 Å². The van der Waals surface area contributed by atoms with Crippen molar-refractivity contribution in [3.63, 3.8) is 0 Å². The molecule has 0 fully saturated rings. The molecule has 0 bridgehead atoms. The number of anilines is 1. The highest BCUT2D eigenvalue weighted by molar-refractivity contribution is 5.45. The summed E-state index contributed by atoms with van der Waals surface area (Å²) in [6.07, 6.45) is 0. The highest BCUT2D eigenvalue weighted by atomic mass is 16.5. The minimum Gasteiger partial charge on any atom is -0.494 e. The lowest BCUT2D eigenvalue weighted by molar-refractivity contribution is 0.340. The van der Waals surface area contributed by atoms with Crippen molar-refractivity contribution in [2.24, 2.45) is 0 Å². The Morgan fingerprint density at radius 2 is 1.84 bits per heavy atom. The minimum atomic E-state index is -0.177. The second-order valence-electron chi connectivity index (χ2n) is 4.26. The summed E-state index contributed by atoms with van der Waals surface area (Å²) in [5, 5.41) is 0. The molecule has 0 aliphatic rings. The molecule has 1 aromatic heterocycles. The predicted molar refractivity (Wildman–Crippen MR) is 76.0 cm³/mol. The molecule has 1 aromatic carbocycles. The number of hydrogen-bond donors (Lipinski definition) is 1.